The highest BCUT2D eigenvalue weighted by Gasteiger charge is 2.22. The molecule has 2 heterocycles. The molecule has 24 heavy (non-hydrogen) atoms. The maximum Gasteiger partial charge on any atom is 0.272 e. The minimum atomic E-state index is 0.0397. The van der Waals surface area contributed by atoms with Gasteiger partial charge in [-0.25, -0.2) is 0 Å². The van der Waals surface area contributed by atoms with E-state index in [0.29, 0.717) is 11.6 Å². The van der Waals surface area contributed by atoms with Crippen molar-refractivity contribution in [3.05, 3.63) is 59.9 Å². The van der Waals surface area contributed by atoms with Crippen LogP contribution >= 0.6 is 0 Å². The molecule has 1 fully saturated rings. The second-order valence-electron chi connectivity index (χ2n) is 6.68. The minimum Gasteiger partial charge on any atom is -0.378 e. The van der Waals surface area contributed by atoms with Gasteiger partial charge in [0, 0.05) is 31.0 Å². The van der Waals surface area contributed by atoms with Gasteiger partial charge in [0.1, 0.15) is 5.69 Å². The lowest BCUT2D eigenvalue weighted by atomic mass is 9.99. The van der Waals surface area contributed by atoms with Crippen LogP contribution in [0.2, 0.25) is 0 Å². The Bertz CT molecular complexity index is 678. The first-order chi connectivity index (χ1) is 11.6. The van der Waals surface area contributed by atoms with Crippen LogP contribution in [0.3, 0.4) is 0 Å². The summed E-state index contributed by atoms with van der Waals surface area (Å²) in [5.74, 6) is 0.750. The Balaban J connectivity index is 1.69. The molecular weight excluding hydrogens is 298 g/mol. The van der Waals surface area contributed by atoms with Crippen LogP contribution in [0.1, 0.15) is 48.8 Å². The molecule has 2 aromatic rings. The Hall–Kier alpha value is -2.36. The van der Waals surface area contributed by atoms with E-state index in [1.165, 1.54) is 5.56 Å². The summed E-state index contributed by atoms with van der Waals surface area (Å²) in [5.41, 5.74) is 2.66. The first-order valence-electron chi connectivity index (χ1n) is 8.70. The second kappa shape index (κ2) is 7.47. The van der Waals surface area contributed by atoms with Crippen LogP contribution in [0, 0.1) is 5.92 Å². The number of nitrogens with zero attached hydrogens (tertiary/aromatic N) is 2. The molecule has 1 amide bonds. The fourth-order valence-corrected chi connectivity index (χ4v) is 3.09. The molecule has 1 atom stereocenters. The Morgan fingerprint density at radius 2 is 1.92 bits per heavy atom. The quantitative estimate of drug-likeness (QED) is 0.920. The van der Waals surface area contributed by atoms with Crippen molar-refractivity contribution in [2.24, 2.45) is 5.92 Å². The number of anilines is 1. The molecule has 0 spiro atoms. The number of carbonyl (C=O) groups excluding carboxylic acids is 1. The van der Waals surface area contributed by atoms with Gasteiger partial charge in [-0.1, -0.05) is 37.3 Å². The van der Waals surface area contributed by atoms with Crippen molar-refractivity contribution < 1.29 is 4.79 Å². The predicted molar refractivity (Wildman–Crippen MR) is 97.0 cm³/mol. The van der Waals surface area contributed by atoms with Gasteiger partial charge in [-0.2, -0.15) is 0 Å². The van der Waals surface area contributed by atoms with E-state index in [1.54, 1.807) is 6.20 Å². The summed E-state index contributed by atoms with van der Waals surface area (Å²) in [6.45, 7) is 6.03. The topological polar surface area (TPSA) is 45.2 Å². The van der Waals surface area contributed by atoms with Crippen LogP contribution in [0.5, 0.6) is 0 Å². The Kier molecular flexibility index (Phi) is 5.14. The molecule has 0 aliphatic carbocycles. The van der Waals surface area contributed by atoms with E-state index in [9.17, 15) is 4.79 Å². The molecule has 1 N–H and O–H groups in total. The zero-order valence-corrected chi connectivity index (χ0v) is 14.4. The number of aromatic nitrogens is 1. The molecule has 1 aliphatic heterocycles. The van der Waals surface area contributed by atoms with E-state index in [4.69, 9.17) is 0 Å². The fraction of sp³-hybridized carbons (Fsp3) is 0.400. The Morgan fingerprint density at radius 3 is 2.62 bits per heavy atom. The Morgan fingerprint density at radius 1 is 1.21 bits per heavy atom. The molecule has 1 aromatic carbocycles. The summed E-state index contributed by atoms with van der Waals surface area (Å²) in [6, 6.07) is 14.2. The highest BCUT2D eigenvalue weighted by Crippen LogP contribution is 2.21. The lowest BCUT2D eigenvalue weighted by Gasteiger charge is -2.30. The smallest absolute Gasteiger partial charge is 0.272 e. The minimum absolute atomic E-state index is 0.0397. The zero-order valence-electron chi connectivity index (χ0n) is 14.4. The third kappa shape index (κ3) is 3.94. The van der Waals surface area contributed by atoms with E-state index in [0.717, 1.165) is 31.6 Å². The van der Waals surface area contributed by atoms with E-state index in [2.05, 4.69) is 36.3 Å². The molecule has 4 nitrogen and oxygen atoms in total. The van der Waals surface area contributed by atoms with Crippen molar-refractivity contribution >= 4 is 11.6 Å². The molecule has 1 saturated heterocycles. The molecule has 1 aromatic heterocycles. The standard InChI is InChI=1S/C20H25N3O/c1-15-9-12-23(13-10-15)20(24)19-14-18(8-11-21-19)22-16(2)17-6-4-3-5-7-17/h3-8,11,14-16H,9-10,12-13H2,1-2H3,(H,21,22). The van der Waals surface area contributed by atoms with Crippen molar-refractivity contribution in [3.63, 3.8) is 0 Å². The van der Waals surface area contributed by atoms with Gasteiger partial charge >= 0.3 is 0 Å². The first kappa shape index (κ1) is 16.5. The summed E-state index contributed by atoms with van der Waals surface area (Å²) in [7, 11) is 0. The van der Waals surface area contributed by atoms with Crippen molar-refractivity contribution in [1.82, 2.24) is 9.88 Å². The number of rotatable bonds is 4. The number of amides is 1. The molecule has 3 rings (SSSR count). The molecule has 4 heteroatoms. The molecule has 0 radical (unpaired) electrons. The number of carbonyl (C=O) groups is 1. The van der Waals surface area contributed by atoms with Gasteiger partial charge in [-0.05, 0) is 43.4 Å². The largest absolute Gasteiger partial charge is 0.378 e. The summed E-state index contributed by atoms with van der Waals surface area (Å²) >= 11 is 0. The van der Waals surface area contributed by atoms with Gasteiger partial charge in [0.05, 0.1) is 0 Å². The van der Waals surface area contributed by atoms with Crippen LogP contribution in [0.15, 0.2) is 48.7 Å². The van der Waals surface area contributed by atoms with Crippen LogP contribution in [-0.4, -0.2) is 28.9 Å². The van der Waals surface area contributed by atoms with Crippen molar-refractivity contribution in [1.29, 1.82) is 0 Å². The third-order valence-corrected chi connectivity index (χ3v) is 4.73. The fourth-order valence-electron chi connectivity index (χ4n) is 3.09. The summed E-state index contributed by atoms with van der Waals surface area (Å²) in [6.07, 6.45) is 3.86. The molecule has 126 valence electrons. The van der Waals surface area contributed by atoms with Gasteiger partial charge in [-0.3, -0.25) is 9.78 Å². The molecule has 1 unspecified atom stereocenters. The monoisotopic (exact) mass is 323 g/mol. The number of pyridine rings is 1. The number of likely N-dealkylation sites (tertiary alicyclic amines) is 1. The number of piperidine rings is 1. The number of hydrogen-bond acceptors (Lipinski definition) is 3. The van der Waals surface area contributed by atoms with Crippen LogP contribution in [-0.2, 0) is 0 Å². The first-order valence-corrected chi connectivity index (χ1v) is 8.70. The van der Waals surface area contributed by atoms with Gasteiger partial charge in [0.15, 0.2) is 0 Å². The number of nitrogens with one attached hydrogen (secondary N) is 1. The second-order valence-corrected chi connectivity index (χ2v) is 6.68. The van der Waals surface area contributed by atoms with Crippen LogP contribution < -0.4 is 5.32 Å². The molecule has 0 bridgehead atoms. The van der Waals surface area contributed by atoms with Crippen molar-refractivity contribution in [3.8, 4) is 0 Å². The Labute approximate surface area is 143 Å². The van der Waals surface area contributed by atoms with E-state index in [-0.39, 0.29) is 11.9 Å². The summed E-state index contributed by atoms with van der Waals surface area (Å²) in [5, 5.41) is 3.45. The highest BCUT2D eigenvalue weighted by atomic mass is 16.2. The highest BCUT2D eigenvalue weighted by molar-refractivity contribution is 5.93. The van der Waals surface area contributed by atoms with Crippen LogP contribution in [0.25, 0.3) is 0 Å². The predicted octanol–water partition coefficient (Wildman–Crippen LogP) is 4.13. The SMILES string of the molecule is CC1CCN(C(=O)c2cc(NC(C)c3ccccc3)ccn2)CC1. The lowest BCUT2D eigenvalue weighted by molar-refractivity contribution is 0.0691. The van der Waals surface area contributed by atoms with E-state index < -0.39 is 0 Å². The van der Waals surface area contributed by atoms with Gasteiger partial charge in [-0.15, -0.1) is 0 Å². The average molecular weight is 323 g/mol. The number of hydrogen-bond donors (Lipinski definition) is 1. The van der Waals surface area contributed by atoms with Crippen molar-refractivity contribution in [2.45, 2.75) is 32.7 Å². The van der Waals surface area contributed by atoms with Gasteiger partial charge in [0.25, 0.3) is 5.91 Å². The summed E-state index contributed by atoms with van der Waals surface area (Å²) in [4.78, 5) is 18.9. The maximum atomic E-state index is 12.7. The average Bonchev–Trinajstić information content (AvgIpc) is 2.63. The lowest BCUT2D eigenvalue weighted by Crippen LogP contribution is -2.38. The summed E-state index contributed by atoms with van der Waals surface area (Å²) < 4.78 is 0. The molecule has 0 saturated carbocycles. The third-order valence-electron chi connectivity index (χ3n) is 4.73. The normalized spacial score (nSPS) is 16.7. The van der Waals surface area contributed by atoms with Gasteiger partial charge in [0.2, 0.25) is 0 Å². The van der Waals surface area contributed by atoms with Crippen molar-refractivity contribution in [2.75, 3.05) is 18.4 Å². The number of benzene rings is 1. The van der Waals surface area contributed by atoms with Gasteiger partial charge < -0.3 is 10.2 Å². The van der Waals surface area contributed by atoms with Crippen LogP contribution in [0.4, 0.5) is 5.69 Å². The van der Waals surface area contributed by atoms with E-state index in [1.807, 2.05) is 35.2 Å². The maximum absolute atomic E-state index is 12.7. The molecular formula is C20H25N3O. The molecule has 1 aliphatic rings. The van der Waals surface area contributed by atoms with E-state index >= 15 is 0 Å². The zero-order chi connectivity index (χ0) is 16.9.